The molecule has 0 saturated carbocycles. The molecule has 2 heterocycles. The van der Waals surface area contributed by atoms with E-state index in [4.69, 9.17) is 9.15 Å². The predicted octanol–water partition coefficient (Wildman–Crippen LogP) is 2.05. The molecule has 1 N–H and O–H groups in total. The number of nitro groups is 1. The maximum absolute atomic E-state index is 12.4. The highest BCUT2D eigenvalue weighted by Gasteiger charge is 2.35. The lowest BCUT2D eigenvalue weighted by Crippen LogP contribution is -2.61. The summed E-state index contributed by atoms with van der Waals surface area (Å²) in [6.07, 6.45) is -0.470. The van der Waals surface area contributed by atoms with Crippen LogP contribution < -0.4 is 10.9 Å². The normalized spacial score (nSPS) is 14.5. The minimum absolute atomic E-state index is 0.141. The van der Waals surface area contributed by atoms with Crippen molar-refractivity contribution in [3.05, 3.63) is 50.6 Å². The van der Waals surface area contributed by atoms with Gasteiger partial charge in [0, 0.05) is 25.2 Å². The van der Waals surface area contributed by atoms with Gasteiger partial charge >= 0.3 is 11.7 Å². The van der Waals surface area contributed by atoms with Gasteiger partial charge in [0.2, 0.25) is 0 Å². The summed E-state index contributed by atoms with van der Waals surface area (Å²) in [7, 11) is 0. The van der Waals surface area contributed by atoms with Crippen LogP contribution in [0.4, 0.5) is 10.5 Å². The van der Waals surface area contributed by atoms with Crippen LogP contribution >= 0.6 is 0 Å². The summed E-state index contributed by atoms with van der Waals surface area (Å²) in [5.41, 5.74) is -1.57. The highest BCUT2D eigenvalue weighted by molar-refractivity contribution is 5.96. The van der Waals surface area contributed by atoms with Crippen molar-refractivity contribution in [1.82, 2.24) is 10.2 Å². The number of carbonyl (C=O) groups is 2. The van der Waals surface area contributed by atoms with Crippen LogP contribution in [0.25, 0.3) is 10.8 Å². The third-order valence-corrected chi connectivity index (χ3v) is 4.05. The Balaban J connectivity index is 1.68. The number of amides is 2. The molecule has 2 aromatic rings. The first-order valence-corrected chi connectivity index (χ1v) is 8.54. The van der Waals surface area contributed by atoms with Crippen LogP contribution in [-0.4, -0.2) is 46.6 Å². The minimum atomic E-state index is -0.762. The molecule has 0 unspecified atom stereocenters. The van der Waals surface area contributed by atoms with Crippen LogP contribution in [-0.2, 0) is 4.74 Å². The van der Waals surface area contributed by atoms with E-state index in [-0.39, 0.29) is 41.4 Å². The molecule has 10 heteroatoms. The maximum atomic E-state index is 12.4. The van der Waals surface area contributed by atoms with E-state index in [1.165, 1.54) is 29.2 Å². The number of hydrogen-bond acceptors (Lipinski definition) is 7. The zero-order valence-electron chi connectivity index (χ0n) is 15.6. The summed E-state index contributed by atoms with van der Waals surface area (Å²) in [5.74, 6) is -0.895. The van der Waals surface area contributed by atoms with Crippen molar-refractivity contribution in [3.63, 3.8) is 0 Å². The van der Waals surface area contributed by atoms with Crippen molar-refractivity contribution in [2.24, 2.45) is 0 Å². The molecule has 1 aromatic carbocycles. The van der Waals surface area contributed by atoms with Gasteiger partial charge in [-0.1, -0.05) is 0 Å². The Morgan fingerprint density at radius 2 is 1.96 bits per heavy atom. The van der Waals surface area contributed by atoms with Gasteiger partial charge in [-0.2, -0.15) is 0 Å². The second kappa shape index (κ2) is 6.95. The van der Waals surface area contributed by atoms with Crippen molar-refractivity contribution in [2.75, 3.05) is 13.1 Å². The fraction of sp³-hybridized carbons (Fsp3) is 0.389. The Labute approximate surface area is 159 Å². The van der Waals surface area contributed by atoms with Gasteiger partial charge in [0.1, 0.15) is 5.60 Å². The number of ether oxygens (including phenoxy) is 1. The Morgan fingerprint density at radius 1 is 1.29 bits per heavy atom. The molecule has 1 aromatic heterocycles. The monoisotopic (exact) mass is 389 g/mol. The number of fused-ring (bicyclic) bond motifs is 1. The van der Waals surface area contributed by atoms with E-state index in [0.717, 1.165) is 0 Å². The van der Waals surface area contributed by atoms with Gasteiger partial charge in [-0.25, -0.2) is 9.59 Å². The number of nitrogens with zero attached hydrogens (tertiary/aromatic N) is 2. The van der Waals surface area contributed by atoms with Gasteiger partial charge in [0.05, 0.1) is 16.4 Å². The Morgan fingerprint density at radius 3 is 2.57 bits per heavy atom. The SMILES string of the molecule is CC(C)(C)OC(=O)N1CC(NC(=O)c2cc3cc([N+](=O)[O-])ccc3c(=O)o2)C1. The van der Waals surface area contributed by atoms with Crippen molar-refractivity contribution in [1.29, 1.82) is 0 Å². The smallest absolute Gasteiger partial charge is 0.410 e. The number of carbonyl (C=O) groups excluding carboxylic acids is 2. The maximum Gasteiger partial charge on any atom is 0.410 e. The van der Waals surface area contributed by atoms with Crippen LogP contribution in [0.2, 0.25) is 0 Å². The largest absolute Gasteiger partial charge is 0.444 e. The number of likely N-dealkylation sites (tertiary alicyclic amines) is 1. The van der Waals surface area contributed by atoms with Gasteiger partial charge < -0.3 is 19.4 Å². The Hall–Kier alpha value is -3.43. The molecule has 0 aliphatic carbocycles. The van der Waals surface area contributed by atoms with Gasteiger partial charge in [-0.15, -0.1) is 0 Å². The second-order valence-corrected chi connectivity index (χ2v) is 7.48. The molecule has 1 fully saturated rings. The summed E-state index contributed by atoms with van der Waals surface area (Å²) < 4.78 is 10.3. The third kappa shape index (κ3) is 4.11. The number of nitro benzene ring substituents is 1. The number of non-ortho nitro benzene ring substituents is 1. The molecule has 0 radical (unpaired) electrons. The van der Waals surface area contributed by atoms with E-state index >= 15 is 0 Å². The zero-order valence-corrected chi connectivity index (χ0v) is 15.6. The summed E-state index contributed by atoms with van der Waals surface area (Å²) >= 11 is 0. The van der Waals surface area contributed by atoms with Crippen molar-refractivity contribution >= 4 is 28.5 Å². The average Bonchev–Trinajstić information content (AvgIpc) is 2.55. The second-order valence-electron chi connectivity index (χ2n) is 7.48. The van der Waals surface area contributed by atoms with Gasteiger partial charge in [0.15, 0.2) is 5.76 Å². The quantitative estimate of drug-likeness (QED) is 0.627. The lowest BCUT2D eigenvalue weighted by atomic mass is 10.1. The Kier molecular flexibility index (Phi) is 4.80. The standard InChI is InChI=1S/C18H19N3O7/c1-18(2,3)28-17(24)20-8-11(9-20)19-15(22)14-7-10-6-12(21(25)26)4-5-13(10)16(23)27-14/h4-7,11H,8-9H2,1-3H3,(H,19,22). The Bertz CT molecular complexity index is 1020. The fourth-order valence-corrected chi connectivity index (χ4v) is 2.71. The highest BCUT2D eigenvalue weighted by atomic mass is 16.6. The van der Waals surface area contributed by atoms with Crippen LogP contribution in [0.5, 0.6) is 0 Å². The average molecular weight is 389 g/mol. The number of benzene rings is 1. The van der Waals surface area contributed by atoms with E-state index in [2.05, 4.69) is 5.32 Å². The topological polar surface area (TPSA) is 132 Å². The number of rotatable bonds is 3. The van der Waals surface area contributed by atoms with Crippen molar-refractivity contribution in [3.8, 4) is 0 Å². The molecule has 0 atom stereocenters. The molecule has 1 aliphatic rings. The van der Waals surface area contributed by atoms with Crippen molar-refractivity contribution in [2.45, 2.75) is 32.4 Å². The van der Waals surface area contributed by atoms with E-state index in [9.17, 15) is 24.5 Å². The molecule has 3 rings (SSSR count). The van der Waals surface area contributed by atoms with Crippen LogP contribution in [0.3, 0.4) is 0 Å². The third-order valence-electron chi connectivity index (χ3n) is 4.05. The molecule has 1 aliphatic heterocycles. The summed E-state index contributed by atoms with van der Waals surface area (Å²) in [5, 5.41) is 13.9. The molecule has 148 valence electrons. The van der Waals surface area contributed by atoms with Crippen LogP contribution in [0, 0.1) is 10.1 Å². The lowest BCUT2D eigenvalue weighted by Gasteiger charge is -2.39. The summed E-state index contributed by atoms with van der Waals surface area (Å²) in [4.78, 5) is 48.0. The summed E-state index contributed by atoms with van der Waals surface area (Å²) in [6.45, 7) is 5.82. The predicted molar refractivity (Wildman–Crippen MR) is 98.2 cm³/mol. The molecule has 2 amide bonds. The molecule has 10 nitrogen and oxygen atoms in total. The summed E-state index contributed by atoms with van der Waals surface area (Å²) in [6, 6.07) is 4.65. The number of nitrogens with one attached hydrogen (secondary N) is 1. The van der Waals surface area contributed by atoms with Crippen LogP contribution in [0.15, 0.2) is 33.5 Å². The first-order valence-electron chi connectivity index (χ1n) is 8.54. The fourth-order valence-electron chi connectivity index (χ4n) is 2.71. The first-order chi connectivity index (χ1) is 13.0. The van der Waals surface area contributed by atoms with Crippen LogP contribution in [0.1, 0.15) is 31.3 Å². The van der Waals surface area contributed by atoms with Gasteiger partial charge in [-0.3, -0.25) is 14.9 Å². The molecule has 0 spiro atoms. The van der Waals surface area contributed by atoms with E-state index < -0.39 is 28.2 Å². The van der Waals surface area contributed by atoms with Gasteiger partial charge in [-0.05, 0) is 38.3 Å². The minimum Gasteiger partial charge on any atom is -0.444 e. The highest BCUT2D eigenvalue weighted by Crippen LogP contribution is 2.20. The van der Waals surface area contributed by atoms with E-state index in [1.807, 2.05) is 0 Å². The lowest BCUT2D eigenvalue weighted by molar-refractivity contribution is -0.384. The molecular weight excluding hydrogens is 370 g/mol. The van der Waals surface area contributed by atoms with Crippen molar-refractivity contribution < 1.29 is 23.7 Å². The molecular formula is C18H19N3O7. The molecule has 1 saturated heterocycles. The molecule has 0 bridgehead atoms. The molecule has 28 heavy (non-hydrogen) atoms. The van der Waals surface area contributed by atoms with E-state index in [0.29, 0.717) is 0 Å². The van der Waals surface area contributed by atoms with E-state index in [1.54, 1.807) is 20.8 Å². The van der Waals surface area contributed by atoms with Gasteiger partial charge in [0.25, 0.3) is 11.6 Å². The zero-order chi connectivity index (χ0) is 20.6. The number of hydrogen-bond donors (Lipinski definition) is 1. The first kappa shape index (κ1) is 19.3.